The van der Waals surface area contributed by atoms with E-state index in [1.807, 2.05) is 12.1 Å². The summed E-state index contributed by atoms with van der Waals surface area (Å²) < 4.78 is 0.742. The average Bonchev–Trinajstić information content (AvgIpc) is 2.99. The lowest BCUT2D eigenvalue weighted by Crippen LogP contribution is -2.42. The molecule has 80 valence electrons. The zero-order valence-electron chi connectivity index (χ0n) is 7.98. The predicted molar refractivity (Wildman–Crippen MR) is 58.5 cm³/mol. The number of carboxylic acids is 1. The molecule has 1 unspecified atom stereocenters. The summed E-state index contributed by atoms with van der Waals surface area (Å²) in [6.45, 7) is 0. The van der Waals surface area contributed by atoms with E-state index >= 15 is 0 Å². The van der Waals surface area contributed by atoms with Crippen molar-refractivity contribution in [3.8, 4) is 0 Å². The van der Waals surface area contributed by atoms with Gasteiger partial charge in [-0.3, -0.25) is 4.79 Å². The van der Waals surface area contributed by atoms with E-state index < -0.39 is 12.0 Å². The summed E-state index contributed by atoms with van der Waals surface area (Å²) in [5.74, 6) is -0.949. The minimum Gasteiger partial charge on any atom is -0.480 e. The van der Waals surface area contributed by atoms with Crippen molar-refractivity contribution < 1.29 is 9.90 Å². The van der Waals surface area contributed by atoms with E-state index in [2.05, 4.69) is 20.9 Å². The molecule has 1 aromatic heterocycles. The van der Waals surface area contributed by atoms with Crippen LogP contribution in [-0.2, 0) is 10.2 Å². The number of carbonyl (C=O) groups is 1. The van der Waals surface area contributed by atoms with Gasteiger partial charge in [-0.25, -0.2) is 4.98 Å². The van der Waals surface area contributed by atoms with E-state index in [1.54, 1.807) is 6.20 Å². The number of hydrogen-bond acceptors (Lipinski definition) is 3. The first-order valence-electron chi connectivity index (χ1n) is 4.67. The van der Waals surface area contributed by atoms with Crippen LogP contribution in [0.2, 0.25) is 0 Å². The molecular weight excluding hydrogens is 260 g/mol. The molecule has 0 aromatic carbocycles. The van der Waals surface area contributed by atoms with E-state index in [0.717, 1.165) is 23.0 Å². The number of aromatic nitrogens is 1. The standard InChI is InChI=1S/C10H11BrN2O2/c11-7-2-1-6(5-13-7)10(3-4-10)8(12)9(14)15/h1-2,5,8H,3-4,12H2,(H,14,15). The van der Waals surface area contributed by atoms with Crippen LogP contribution in [0.15, 0.2) is 22.9 Å². The van der Waals surface area contributed by atoms with Crippen LogP contribution < -0.4 is 5.73 Å². The van der Waals surface area contributed by atoms with Crippen LogP contribution in [0.5, 0.6) is 0 Å². The van der Waals surface area contributed by atoms with Gasteiger partial charge in [-0.1, -0.05) is 6.07 Å². The molecule has 0 aliphatic heterocycles. The number of nitrogens with two attached hydrogens (primary N) is 1. The largest absolute Gasteiger partial charge is 0.480 e. The molecule has 0 saturated heterocycles. The van der Waals surface area contributed by atoms with Crippen molar-refractivity contribution in [2.45, 2.75) is 24.3 Å². The predicted octanol–water partition coefficient (Wildman–Crippen LogP) is 1.29. The molecule has 1 aliphatic rings. The van der Waals surface area contributed by atoms with Gasteiger partial charge >= 0.3 is 5.97 Å². The molecule has 2 rings (SSSR count). The Kier molecular flexibility index (Phi) is 2.52. The zero-order chi connectivity index (χ0) is 11.1. The van der Waals surface area contributed by atoms with Crippen molar-refractivity contribution in [3.05, 3.63) is 28.5 Å². The van der Waals surface area contributed by atoms with Crippen molar-refractivity contribution in [2.24, 2.45) is 5.73 Å². The van der Waals surface area contributed by atoms with Gasteiger partial charge in [0.15, 0.2) is 0 Å². The number of hydrogen-bond donors (Lipinski definition) is 2. The quantitative estimate of drug-likeness (QED) is 0.812. The second-order valence-electron chi connectivity index (χ2n) is 3.84. The van der Waals surface area contributed by atoms with E-state index in [-0.39, 0.29) is 5.41 Å². The second-order valence-corrected chi connectivity index (χ2v) is 4.65. The Labute approximate surface area is 95.6 Å². The Hall–Kier alpha value is -0.940. The Balaban J connectivity index is 2.30. The van der Waals surface area contributed by atoms with Crippen molar-refractivity contribution in [3.63, 3.8) is 0 Å². The molecule has 1 saturated carbocycles. The fourth-order valence-corrected chi connectivity index (χ4v) is 2.06. The molecule has 15 heavy (non-hydrogen) atoms. The lowest BCUT2D eigenvalue weighted by atomic mass is 9.90. The van der Waals surface area contributed by atoms with Gasteiger partial charge in [0.25, 0.3) is 0 Å². The first-order valence-corrected chi connectivity index (χ1v) is 5.46. The number of halogens is 1. The van der Waals surface area contributed by atoms with E-state index in [0.29, 0.717) is 0 Å². The smallest absolute Gasteiger partial charge is 0.321 e. The van der Waals surface area contributed by atoms with Gasteiger partial charge < -0.3 is 10.8 Å². The molecule has 0 spiro atoms. The van der Waals surface area contributed by atoms with Crippen molar-refractivity contribution in [2.75, 3.05) is 0 Å². The van der Waals surface area contributed by atoms with Crippen LogP contribution >= 0.6 is 15.9 Å². The number of aliphatic carboxylic acids is 1. The maximum absolute atomic E-state index is 10.9. The summed E-state index contributed by atoms with van der Waals surface area (Å²) in [5, 5.41) is 8.92. The molecule has 0 bridgehead atoms. The highest BCUT2D eigenvalue weighted by molar-refractivity contribution is 9.10. The maximum Gasteiger partial charge on any atom is 0.321 e. The lowest BCUT2D eigenvalue weighted by Gasteiger charge is -2.19. The minimum atomic E-state index is -0.949. The highest BCUT2D eigenvalue weighted by atomic mass is 79.9. The molecule has 1 aromatic rings. The molecule has 1 heterocycles. The molecule has 1 atom stereocenters. The summed E-state index contributed by atoms with van der Waals surface area (Å²) in [6.07, 6.45) is 3.34. The maximum atomic E-state index is 10.9. The Morgan fingerprint density at radius 3 is 2.67 bits per heavy atom. The normalized spacial score (nSPS) is 19.6. The zero-order valence-corrected chi connectivity index (χ0v) is 9.57. The number of pyridine rings is 1. The van der Waals surface area contributed by atoms with Gasteiger partial charge in [0, 0.05) is 11.6 Å². The highest BCUT2D eigenvalue weighted by Gasteiger charge is 2.52. The molecule has 0 radical (unpaired) electrons. The van der Waals surface area contributed by atoms with Crippen LogP contribution in [0, 0.1) is 0 Å². The Bertz CT molecular complexity index is 387. The Morgan fingerprint density at radius 2 is 2.27 bits per heavy atom. The number of carboxylic acid groups (broad SMARTS) is 1. The van der Waals surface area contributed by atoms with Crippen LogP contribution in [0.25, 0.3) is 0 Å². The van der Waals surface area contributed by atoms with Gasteiger partial charge in [0.2, 0.25) is 0 Å². The van der Waals surface area contributed by atoms with Crippen LogP contribution in [0.3, 0.4) is 0 Å². The Morgan fingerprint density at radius 1 is 1.60 bits per heavy atom. The van der Waals surface area contributed by atoms with Gasteiger partial charge in [-0.2, -0.15) is 0 Å². The molecule has 1 aliphatic carbocycles. The van der Waals surface area contributed by atoms with Gasteiger partial charge in [0.05, 0.1) is 0 Å². The molecule has 4 nitrogen and oxygen atoms in total. The third-order valence-corrected chi connectivity index (χ3v) is 3.42. The van der Waals surface area contributed by atoms with E-state index in [1.165, 1.54) is 0 Å². The molecule has 3 N–H and O–H groups in total. The first-order chi connectivity index (χ1) is 7.06. The van der Waals surface area contributed by atoms with Crippen LogP contribution in [0.4, 0.5) is 0 Å². The third-order valence-electron chi connectivity index (χ3n) is 2.95. The summed E-state index contributed by atoms with van der Waals surface area (Å²) >= 11 is 3.24. The molecule has 0 amide bonds. The average molecular weight is 271 g/mol. The first kappa shape index (κ1) is 10.6. The fraction of sp³-hybridized carbons (Fsp3) is 0.400. The van der Waals surface area contributed by atoms with Crippen molar-refractivity contribution in [1.82, 2.24) is 4.98 Å². The molecule has 1 fully saturated rings. The van der Waals surface area contributed by atoms with Gasteiger partial charge in [-0.05, 0) is 40.4 Å². The fourth-order valence-electron chi connectivity index (χ4n) is 1.82. The monoisotopic (exact) mass is 270 g/mol. The third kappa shape index (κ3) is 1.77. The summed E-state index contributed by atoms with van der Waals surface area (Å²) in [7, 11) is 0. The highest BCUT2D eigenvalue weighted by Crippen LogP contribution is 2.50. The van der Waals surface area contributed by atoms with Gasteiger partial charge in [0.1, 0.15) is 10.6 Å². The molecule has 5 heteroatoms. The lowest BCUT2D eigenvalue weighted by molar-refractivity contribution is -0.139. The summed E-state index contributed by atoms with van der Waals surface area (Å²) in [5.41, 5.74) is 6.22. The van der Waals surface area contributed by atoms with E-state index in [4.69, 9.17) is 10.8 Å². The minimum absolute atomic E-state index is 0.389. The van der Waals surface area contributed by atoms with Crippen LogP contribution in [-0.4, -0.2) is 22.1 Å². The second kappa shape index (κ2) is 3.57. The number of nitrogens with zero attached hydrogens (tertiary/aromatic N) is 1. The van der Waals surface area contributed by atoms with Gasteiger partial charge in [-0.15, -0.1) is 0 Å². The SMILES string of the molecule is NC(C(=O)O)C1(c2ccc(Br)nc2)CC1. The summed E-state index contributed by atoms with van der Waals surface area (Å²) in [4.78, 5) is 15.0. The molecular formula is C10H11BrN2O2. The van der Waals surface area contributed by atoms with Crippen molar-refractivity contribution >= 4 is 21.9 Å². The van der Waals surface area contributed by atoms with E-state index in [9.17, 15) is 4.79 Å². The summed E-state index contributed by atoms with van der Waals surface area (Å²) in [6, 6.07) is 2.86. The topological polar surface area (TPSA) is 76.2 Å². The van der Waals surface area contributed by atoms with Crippen molar-refractivity contribution in [1.29, 1.82) is 0 Å². The van der Waals surface area contributed by atoms with Crippen LogP contribution in [0.1, 0.15) is 18.4 Å². The number of rotatable bonds is 3.